The van der Waals surface area contributed by atoms with E-state index in [2.05, 4.69) is 10.2 Å². The molecule has 0 aromatic rings. The van der Waals surface area contributed by atoms with E-state index in [1.54, 1.807) is 7.11 Å². The van der Waals surface area contributed by atoms with Crippen LogP contribution in [0.1, 0.15) is 32.1 Å². The Kier molecular flexibility index (Phi) is 3.97. The Morgan fingerprint density at radius 2 is 2.20 bits per heavy atom. The fraction of sp³-hybridized carbons (Fsp3) is 1.00. The minimum atomic E-state index is -0.289. The highest BCUT2D eigenvalue weighted by molar-refractivity contribution is 4.82. The maximum absolute atomic E-state index is 9.91. The second-order valence-electron chi connectivity index (χ2n) is 4.48. The lowest BCUT2D eigenvalue weighted by Crippen LogP contribution is -2.54. The van der Waals surface area contributed by atoms with Crippen LogP contribution < -0.4 is 5.32 Å². The molecule has 0 bridgehead atoms. The Labute approximate surface area is 91.6 Å². The molecule has 2 heterocycles. The van der Waals surface area contributed by atoms with Crippen molar-refractivity contribution in [1.82, 2.24) is 10.2 Å². The number of aliphatic hydroxyl groups is 1. The van der Waals surface area contributed by atoms with E-state index < -0.39 is 0 Å². The first-order valence-corrected chi connectivity index (χ1v) is 5.94. The zero-order valence-corrected chi connectivity index (χ0v) is 9.43. The fourth-order valence-corrected chi connectivity index (χ4v) is 2.53. The van der Waals surface area contributed by atoms with E-state index in [1.165, 1.54) is 6.42 Å². The standard InChI is InChI=1S/C11H21N2O2/c1-15-9-5-6-12-10(8-9)13-7-3-2-4-11(13)14/h9-11,14H,2-8H2,1H3. The molecule has 15 heavy (non-hydrogen) atoms. The third-order valence-electron chi connectivity index (χ3n) is 3.49. The molecule has 4 nitrogen and oxygen atoms in total. The Morgan fingerprint density at radius 1 is 1.33 bits per heavy atom. The van der Waals surface area contributed by atoms with Crippen LogP contribution in [0.4, 0.5) is 0 Å². The van der Waals surface area contributed by atoms with E-state index in [0.717, 1.165) is 38.8 Å². The van der Waals surface area contributed by atoms with Gasteiger partial charge in [-0.05, 0) is 25.7 Å². The number of rotatable bonds is 2. The summed E-state index contributed by atoms with van der Waals surface area (Å²) in [5.74, 6) is 0. The van der Waals surface area contributed by atoms with Crippen molar-refractivity contribution in [3.63, 3.8) is 0 Å². The molecule has 0 saturated carbocycles. The second-order valence-corrected chi connectivity index (χ2v) is 4.48. The maximum Gasteiger partial charge on any atom is 0.108 e. The molecule has 3 atom stereocenters. The average molecular weight is 213 g/mol. The first-order chi connectivity index (χ1) is 7.31. The zero-order chi connectivity index (χ0) is 10.7. The van der Waals surface area contributed by atoms with Crippen molar-refractivity contribution in [3.8, 4) is 0 Å². The van der Waals surface area contributed by atoms with Crippen LogP contribution in [-0.4, -0.2) is 48.7 Å². The van der Waals surface area contributed by atoms with Crippen LogP contribution in [0.5, 0.6) is 0 Å². The molecule has 2 aliphatic heterocycles. The van der Waals surface area contributed by atoms with Crippen molar-refractivity contribution in [2.45, 2.75) is 50.6 Å². The number of ether oxygens (including phenoxy) is 1. The van der Waals surface area contributed by atoms with E-state index in [1.807, 2.05) is 0 Å². The molecule has 87 valence electrons. The molecule has 2 aliphatic rings. The largest absolute Gasteiger partial charge is 0.381 e. The van der Waals surface area contributed by atoms with Crippen LogP contribution in [0.25, 0.3) is 0 Å². The third kappa shape index (κ3) is 2.69. The van der Waals surface area contributed by atoms with Crippen LogP contribution in [0, 0.1) is 0 Å². The summed E-state index contributed by atoms with van der Waals surface area (Å²) in [6.45, 7) is 1.85. The predicted molar refractivity (Wildman–Crippen MR) is 57.4 cm³/mol. The van der Waals surface area contributed by atoms with Gasteiger partial charge in [0, 0.05) is 26.6 Å². The summed E-state index contributed by atoms with van der Waals surface area (Å²) in [4.78, 5) is 2.13. The molecule has 0 aromatic heterocycles. The topological polar surface area (TPSA) is 46.8 Å². The Hall–Kier alpha value is -0.160. The minimum Gasteiger partial charge on any atom is -0.381 e. The van der Waals surface area contributed by atoms with Gasteiger partial charge in [-0.2, -0.15) is 0 Å². The van der Waals surface area contributed by atoms with E-state index in [-0.39, 0.29) is 12.4 Å². The van der Waals surface area contributed by atoms with Crippen molar-refractivity contribution in [2.75, 3.05) is 20.2 Å². The average Bonchev–Trinajstić information content (AvgIpc) is 2.30. The molecule has 1 N–H and O–H groups in total. The van der Waals surface area contributed by atoms with Gasteiger partial charge in [0.1, 0.15) is 6.23 Å². The zero-order valence-electron chi connectivity index (χ0n) is 9.43. The molecule has 2 fully saturated rings. The van der Waals surface area contributed by atoms with Crippen molar-refractivity contribution < 1.29 is 9.84 Å². The molecule has 0 aromatic carbocycles. The number of methoxy groups -OCH3 is 1. The van der Waals surface area contributed by atoms with Gasteiger partial charge in [-0.3, -0.25) is 4.90 Å². The van der Waals surface area contributed by atoms with Gasteiger partial charge in [-0.15, -0.1) is 0 Å². The quantitative estimate of drug-likeness (QED) is 0.728. The molecular formula is C11H21N2O2. The lowest BCUT2D eigenvalue weighted by atomic mass is 10.0. The molecule has 3 unspecified atom stereocenters. The maximum atomic E-state index is 9.91. The summed E-state index contributed by atoms with van der Waals surface area (Å²) in [5, 5.41) is 14.5. The molecule has 0 amide bonds. The molecule has 2 saturated heterocycles. The number of hydrogen-bond donors (Lipinski definition) is 1. The minimum absolute atomic E-state index is 0.180. The summed E-state index contributed by atoms with van der Waals surface area (Å²) in [6, 6.07) is 0. The first-order valence-electron chi connectivity index (χ1n) is 5.94. The van der Waals surface area contributed by atoms with Crippen molar-refractivity contribution in [1.29, 1.82) is 0 Å². The number of likely N-dealkylation sites (tertiary alicyclic amines) is 1. The third-order valence-corrected chi connectivity index (χ3v) is 3.49. The molecular weight excluding hydrogens is 192 g/mol. The smallest absolute Gasteiger partial charge is 0.108 e. The lowest BCUT2D eigenvalue weighted by Gasteiger charge is -2.41. The number of piperidine rings is 2. The highest BCUT2D eigenvalue weighted by Crippen LogP contribution is 2.22. The van der Waals surface area contributed by atoms with Crippen molar-refractivity contribution in [3.05, 3.63) is 0 Å². The molecule has 2 rings (SSSR count). The number of hydrogen-bond acceptors (Lipinski definition) is 3. The Balaban J connectivity index is 1.90. The predicted octanol–water partition coefficient (Wildman–Crippen LogP) is 0.530. The van der Waals surface area contributed by atoms with Crippen LogP contribution in [-0.2, 0) is 4.74 Å². The van der Waals surface area contributed by atoms with Gasteiger partial charge in [0.2, 0.25) is 0 Å². The number of aliphatic hydroxyl groups excluding tert-OH is 1. The van der Waals surface area contributed by atoms with E-state index in [4.69, 9.17) is 4.74 Å². The molecule has 0 spiro atoms. The highest BCUT2D eigenvalue weighted by Gasteiger charge is 2.32. The normalized spacial score (nSPS) is 39.2. The summed E-state index contributed by atoms with van der Waals surface area (Å²) in [7, 11) is 1.76. The van der Waals surface area contributed by atoms with Crippen LogP contribution in [0.15, 0.2) is 0 Å². The van der Waals surface area contributed by atoms with Crippen molar-refractivity contribution >= 4 is 0 Å². The van der Waals surface area contributed by atoms with Gasteiger partial charge < -0.3 is 9.84 Å². The van der Waals surface area contributed by atoms with Gasteiger partial charge in [-0.25, -0.2) is 5.32 Å². The van der Waals surface area contributed by atoms with Gasteiger partial charge >= 0.3 is 0 Å². The fourth-order valence-electron chi connectivity index (χ4n) is 2.53. The first kappa shape index (κ1) is 11.3. The van der Waals surface area contributed by atoms with E-state index in [0.29, 0.717) is 6.10 Å². The van der Waals surface area contributed by atoms with E-state index >= 15 is 0 Å². The van der Waals surface area contributed by atoms with E-state index in [9.17, 15) is 5.11 Å². The van der Waals surface area contributed by atoms with Crippen molar-refractivity contribution in [2.24, 2.45) is 0 Å². The van der Waals surface area contributed by atoms with Gasteiger partial charge in [0.25, 0.3) is 0 Å². The lowest BCUT2D eigenvalue weighted by molar-refractivity contribution is -0.0819. The van der Waals surface area contributed by atoms with Gasteiger partial charge in [-0.1, -0.05) is 0 Å². The molecule has 1 radical (unpaired) electrons. The van der Waals surface area contributed by atoms with Gasteiger partial charge in [0.05, 0.1) is 12.3 Å². The second kappa shape index (κ2) is 5.25. The number of nitrogens with zero attached hydrogens (tertiary/aromatic N) is 2. The summed E-state index contributed by atoms with van der Waals surface area (Å²) in [5.41, 5.74) is 0. The SMILES string of the molecule is COC1CC[N]C(N2CCCCC2O)C1. The van der Waals surface area contributed by atoms with Crippen LogP contribution in [0.2, 0.25) is 0 Å². The molecule has 4 heteroatoms. The molecule has 0 aliphatic carbocycles. The highest BCUT2D eigenvalue weighted by atomic mass is 16.5. The summed E-state index contributed by atoms with van der Waals surface area (Å²) >= 11 is 0. The monoisotopic (exact) mass is 213 g/mol. The van der Waals surface area contributed by atoms with Gasteiger partial charge in [0.15, 0.2) is 0 Å². The summed E-state index contributed by atoms with van der Waals surface area (Å²) in [6.07, 6.45) is 5.39. The van der Waals surface area contributed by atoms with Crippen LogP contribution in [0.3, 0.4) is 0 Å². The Morgan fingerprint density at radius 3 is 2.93 bits per heavy atom. The Bertz CT molecular complexity index is 201. The summed E-state index contributed by atoms with van der Waals surface area (Å²) < 4.78 is 5.38. The van der Waals surface area contributed by atoms with Crippen LogP contribution >= 0.6 is 0 Å².